The molecule has 7 heteroatoms. The lowest BCUT2D eigenvalue weighted by Crippen LogP contribution is -2.36. The van der Waals surface area contributed by atoms with Crippen molar-refractivity contribution in [3.63, 3.8) is 0 Å². The molecule has 1 aliphatic rings. The van der Waals surface area contributed by atoms with E-state index < -0.39 is 15.8 Å². The Hall–Kier alpha value is -1.47. The second-order valence-electron chi connectivity index (χ2n) is 5.49. The SMILES string of the molecule is Cc1cc(F)cc(C)c1S(=O)(=O)N(CCC(=N)N)C1CC1. The normalized spacial score (nSPS) is 15.4. The number of rotatable bonds is 6. The predicted octanol–water partition coefficient (Wildman–Crippen LogP) is 1.92. The number of benzene rings is 1. The first-order chi connectivity index (χ1) is 9.73. The topological polar surface area (TPSA) is 87.2 Å². The Morgan fingerprint density at radius 2 is 1.90 bits per heavy atom. The van der Waals surface area contributed by atoms with Gasteiger partial charge in [-0.3, -0.25) is 5.41 Å². The van der Waals surface area contributed by atoms with Crippen LogP contribution >= 0.6 is 0 Å². The van der Waals surface area contributed by atoms with Crippen LogP contribution in [0.1, 0.15) is 30.4 Å². The minimum Gasteiger partial charge on any atom is -0.388 e. The van der Waals surface area contributed by atoms with E-state index in [4.69, 9.17) is 11.1 Å². The Kier molecular flexibility index (Phi) is 4.34. The van der Waals surface area contributed by atoms with Gasteiger partial charge in [-0.05, 0) is 49.9 Å². The quantitative estimate of drug-likeness (QED) is 0.621. The molecule has 0 saturated heterocycles. The molecule has 0 heterocycles. The fourth-order valence-corrected chi connectivity index (χ4v) is 4.61. The maximum absolute atomic E-state index is 13.4. The van der Waals surface area contributed by atoms with Crippen LogP contribution in [0.5, 0.6) is 0 Å². The van der Waals surface area contributed by atoms with Crippen molar-refractivity contribution in [2.45, 2.75) is 44.0 Å². The summed E-state index contributed by atoms with van der Waals surface area (Å²) in [7, 11) is -3.70. The molecule has 0 amide bonds. The highest BCUT2D eigenvalue weighted by Crippen LogP contribution is 2.34. The van der Waals surface area contributed by atoms with E-state index in [9.17, 15) is 12.8 Å². The van der Waals surface area contributed by atoms with Gasteiger partial charge in [0, 0.05) is 19.0 Å². The van der Waals surface area contributed by atoms with E-state index in [0.717, 1.165) is 12.8 Å². The molecule has 0 aliphatic heterocycles. The van der Waals surface area contributed by atoms with Gasteiger partial charge in [-0.2, -0.15) is 4.31 Å². The van der Waals surface area contributed by atoms with Crippen molar-refractivity contribution in [3.05, 3.63) is 29.1 Å². The number of amidine groups is 1. The molecule has 1 fully saturated rings. The third-order valence-corrected chi connectivity index (χ3v) is 5.81. The van der Waals surface area contributed by atoms with Gasteiger partial charge in [0.15, 0.2) is 0 Å². The molecule has 1 saturated carbocycles. The van der Waals surface area contributed by atoms with E-state index in [1.54, 1.807) is 13.8 Å². The number of nitrogens with one attached hydrogen (secondary N) is 1. The minimum atomic E-state index is -3.70. The first-order valence-electron chi connectivity index (χ1n) is 6.85. The summed E-state index contributed by atoms with van der Waals surface area (Å²) in [5.41, 5.74) is 6.14. The van der Waals surface area contributed by atoms with E-state index in [1.165, 1.54) is 16.4 Å². The third-order valence-electron chi connectivity index (χ3n) is 3.55. The lowest BCUT2D eigenvalue weighted by Gasteiger charge is -2.23. The van der Waals surface area contributed by atoms with Gasteiger partial charge in [0.25, 0.3) is 0 Å². The van der Waals surface area contributed by atoms with E-state index in [-0.39, 0.29) is 29.7 Å². The summed E-state index contributed by atoms with van der Waals surface area (Å²) in [5.74, 6) is -0.478. The van der Waals surface area contributed by atoms with Crippen LogP contribution in [-0.4, -0.2) is 31.1 Å². The Balaban J connectivity index is 2.41. The van der Waals surface area contributed by atoms with Gasteiger partial charge in [-0.25, -0.2) is 12.8 Å². The van der Waals surface area contributed by atoms with Crippen molar-refractivity contribution >= 4 is 15.9 Å². The van der Waals surface area contributed by atoms with Gasteiger partial charge in [0.05, 0.1) is 10.7 Å². The number of nitrogens with two attached hydrogens (primary N) is 1. The van der Waals surface area contributed by atoms with Crippen molar-refractivity contribution in [2.75, 3.05) is 6.54 Å². The summed E-state index contributed by atoms with van der Waals surface area (Å²) in [6, 6.07) is 2.43. The lowest BCUT2D eigenvalue weighted by atomic mass is 10.1. The maximum atomic E-state index is 13.4. The van der Waals surface area contributed by atoms with Crippen molar-refractivity contribution < 1.29 is 12.8 Å². The monoisotopic (exact) mass is 313 g/mol. The third kappa shape index (κ3) is 3.41. The number of sulfonamides is 1. The molecular formula is C14H20FN3O2S. The maximum Gasteiger partial charge on any atom is 0.243 e. The fraction of sp³-hybridized carbons (Fsp3) is 0.500. The van der Waals surface area contributed by atoms with E-state index in [2.05, 4.69) is 0 Å². The van der Waals surface area contributed by atoms with Crippen LogP contribution in [0.4, 0.5) is 4.39 Å². The molecule has 1 aromatic carbocycles. The van der Waals surface area contributed by atoms with Crippen molar-refractivity contribution in [1.29, 1.82) is 5.41 Å². The molecule has 1 aromatic rings. The molecule has 0 bridgehead atoms. The van der Waals surface area contributed by atoms with Gasteiger partial charge < -0.3 is 5.73 Å². The highest BCUT2D eigenvalue weighted by molar-refractivity contribution is 7.89. The van der Waals surface area contributed by atoms with Crippen LogP contribution in [0.2, 0.25) is 0 Å². The zero-order valence-electron chi connectivity index (χ0n) is 12.2. The first-order valence-corrected chi connectivity index (χ1v) is 8.29. The van der Waals surface area contributed by atoms with Crippen LogP contribution < -0.4 is 5.73 Å². The largest absolute Gasteiger partial charge is 0.388 e. The molecule has 0 aromatic heterocycles. The van der Waals surface area contributed by atoms with Crippen molar-refractivity contribution in [2.24, 2.45) is 5.73 Å². The van der Waals surface area contributed by atoms with Gasteiger partial charge in [-0.1, -0.05) is 0 Å². The number of halogens is 1. The molecule has 0 radical (unpaired) electrons. The Labute approximate surface area is 124 Å². The molecule has 1 aliphatic carbocycles. The van der Waals surface area contributed by atoms with Crippen LogP contribution in [0, 0.1) is 25.1 Å². The summed E-state index contributed by atoms with van der Waals surface area (Å²) >= 11 is 0. The summed E-state index contributed by atoms with van der Waals surface area (Å²) in [6.45, 7) is 3.39. The summed E-state index contributed by atoms with van der Waals surface area (Å²) < 4.78 is 40.5. The Morgan fingerprint density at radius 3 is 2.33 bits per heavy atom. The average Bonchev–Trinajstić information content (AvgIpc) is 3.10. The summed E-state index contributed by atoms with van der Waals surface area (Å²) in [4.78, 5) is 0.166. The lowest BCUT2D eigenvalue weighted by molar-refractivity contribution is 0.411. The van der Waals surface area contributed by atoms with Crippen LogP contribution in [0.25, 0.3) is 0 Å². The van der Waals surface area contributed by atoms with E-state index in [1.807, 2.05) is 0 Å². The number of nitrogens with zero attached hydrogens (tertiary/aromatic N) is 1. The molecule has 21 heavy (non-hydrogen) atoms. The van der Waals surface area contributed by atoms with E-state index in [0.29, 0.717) is 11.1 Å². The smallest absolute Gasteiger partial charge is 0.243 e. The average molecular weight is 313 g/mol. The van der Waals surface area contributed by atoms with Gasteiger partial charge in [0.2, 0.25) is 10.0 Å². The predicted molar refractivity (Wildman–Crippen MR) is 79.3 cm³/mol. The first kappa shape index (κ1) is 15.9. The van der Waals surface area contributed by atoms with Gasteiger partial charge in [0.1, 0.15) is 5.82 Å². The summed E-state index contributed by atoms with van der Waals surface area (Å²) in [6.07, 6.45) is 1.84. The minimum absolute atomic E-state index is 0.0294. The highest BCUT2D eigenvalue weighted by atomic mass is 32.2. The van der Waals surface area contributed by atoms with Crippen molar-refractivity contribution in [1.82, 2.24) is 4.31 Å². The number of hydrogen-bond acceptors (Lipinski definition) is 3. The van der Waals surface area contributed by atoms with Gasteiger partial charge in [-0.15, -0.1) is 0 Å². The standard InChI is InChI=1S/C14H20FN3O2S/c1-9-7-11(15)8-10(2)14(9)21(19,20)18(12-3-4-12)6-5-13(16)17/h7-8,12H,3-6H2,1-2H3,(H3,16,17). The Morgan fingerprint density at radius 1 is 1.38 bits per heavy atom. The van der Waals surface area contributed by atoms with Crippen LogP contribution in [0.15, 0.2) is 17.0 Å². The second-order valence-corrected chi connectivity index (χ2v) is 7.32. The number of aryl methyl sites for hydroxylation is 2. The molecule has 0 atom stereocenters. The van der Waals surface area contributed by atoms with E-state index >= 15 is 0 Å². The zero-order valence-corrected chi connectivity index (χ0v) is 13.0. The molecule has 0 unspecified atom stereocenters. The molecule has 5 nitrogen and oxygen atoms in total. The molecule has 116 valence electrons. The second kappa shape index (κ2) is 5.73. The van der Waals surface area contributed by atoms with Crippen molar-refractivity contribution in [3.8, 4) is 0 Å². The molecular weight excluding hydrogens is 293 g/mol. The molecule has 3 N–H and O–H groups in total. The zero-order chi connectivity index (χ0) is 15.8. The summed E-state index contributed by atoms with van der Waals surface area (Å²) in [5, 5.41) is 7.28. The van der Waals surface area contributed by atoms with Crippen LogP contribution in [0.3, 0.4) is 0 Å². The molecule has 0 spiro atoms. The molecule has 2 rings (SSSR count). The van der Waals surface area contributed by atoms with Crippen LogP contribution in [-0.2, 0) is 10.0 Å². The van der Waals surface area contributed by atoms with Gasteiger partial charge >= 0.3 is 0 Å². The highest BCUT2D eigenvalue weighted by Gasteiger charge is 2.39. The number of hydrogen-bond donors (Lipinski definition) is 2. The fourth-order valence-electron chi connectivity index (χ4n) is 2.51. The Bertz CT molecular complexity index is 646.